The molecule has 1 aromatic carbocycles. The van der Waals surface area contributed by atoms with Crippen LogP contribution in [0, 0.1) is 5.41 Å². The lowest BCUT2D eigenvalue weighted by Gasteiger charge is -2.21. The SMILES string of the molecule is C[C@@]12C=C1N(C(=O)CNC(=O)CCCOc1ccccc1)[C@H](C(=O)O)C2. The summed E-state index contributed by atoms with van der Waals surface area (Å²) in [5.41, 5.74) is 0.470. The lowest BCUT2D eigenvalue weighted by Crippen LogP contribution is -2.44. The Kier molecular flexibility index (Phi) is 4.97. The molecule has 2 atom stereocenters. The maximum Gasteiger partial charge on any atom is 0.326 e. The van der Waals surface area contributed by atoms with Gasteiger partial charge in [0.05, 0.1) is 13.2 Å². The number of para-hydroxylation sites is 1. The third-order valence-corrected chi connectivity index (χ3v) is 4.70. The fraction of sp³-hybridized carbons (Fsp3) is 0.421. The molecule has 0 unspecified atom stereocenters. The molecule has 3 rings (SSSR count). The first-order chi connectivity index (χ1) is 12.4. The van der Waals surface area contributed by atoms with Crippen molar-refractivity contribution in [1.29, 1.82) is 0 Å². The van der Waals surface area contributed by atoms with E-state index in [0.29, 0.717) is 19.4 Å². The van der Waals surface area contributed by atoms with Gasteiger partial charge in [0, 0.05) is 17.5 Å². The van der Waals surface area contributed by atoms with Crippen molar-refractivity contribution < 1.29 is 24.2 Å². The average Bonchev–Trinajstić information content (AvgIpc) is 3.18. The second-order valence-corrected chi connectivity index (χ2v) is 6.81. The standard InChI is InChI=1S/C19H22N2O5/c1-19-10-14(18(24)25)21(15(19)11-19)17(23)12-20-16(22)8-5-9-26-13-6-3-2-4-7-13/h2-4,6-7,11,14H,5,8-10,12H2,1H3,(H,20,22)(H,24,25)/t14-,19+/m0/s1. The zero-order chi connectivity index (χ0) is 18.7. The summed E-state index contributed by atoms with van der Waals surface area (Å²) in [7, 11) is 0. The molecule has 1 aliphatic heterocycles. The number of fused-ring (bicyclic) bond motifs is 1. The van der Waals surface area contributed by atoms with Gasteiger partial charge in [-0.1, -0.05) is 31.2 Å². The molecule has 0 radical (unpaired) electrons. The minimum absolute atomic E-state index is 0.199. The Morgan fingerprint density at radius 1 is 1.31 bits per heavy atom. The number of nitrogens with zero attached hydrogens (tertiary/aromatic N) is 1. The van der Waals surface area contributed by atoms with Crippen molar-refractivity contribution in [3.05, 3.63) is 42.1 Å². The highest BCUT2D eigenvalue weighted by atomic mass is 16.5. The van der Waals surface area contributed by atoms with Crippen molar-refractivity contribution in [3.63, 3.8) is 0 Å². The molecule has 1 heterocycles. The highest BCUT2D eigenvalue weighted by Gasteiger charge is 2.57. The van der Waals surface area contributed by atoms with E-state index in [1.807, 2.05) is 43.3 Å². The van der Waals surface area contributed by atoms with Crippen LogP contribution < -0.4 is 10.1 Å². The van der Waals surface area contributed by atoms with Gasteiger partial charge in [0.25, 0.3) is 0 Å². The molecule has 2 aliphatic rings. The van der Waals surface area contributed by atoms with E-state index < -0.39 is 17.9 Å². The smallest absolute Gasteiger partial charge is 0.326 e. The second kappa shape index (κ2) is 7.19. The molecule has 0 saturated carbocycles. The molecule has 26 heavy (non-hydrogen) atoms. The Balaban J connectivity index is 1.38. The number of aliphatic carboxylic acids is 1. The number of hydrogen-bond donors (Lipinski definition) is 2. The van der Waals surface area contributed by atoms with Gasteiger partial charge in [0.15, 0.2) is 0 Å². The minimum atomic E-state index is -1.02. The number of carboxylic acid groups (broad SMARTS) is 1. The van der Waals surface area contributed by atoms with Crippen molar-refractivity contribution in [2.45, 2.75) is 32.2 Å². The van der Waals surface area contributed by atoms with E-state index in [9.17, 15) is 19.5 Å². The summed E-state index contributed by atoms with van der Waals surface area (Å²) >= 11 is 0. The van der Waals surface area contributed by atoms with Crippen LogP contribution in [0.3, 0.4) is 0 Å². The summed E-state index contributed by atoms with van der Waals surface area (Å²) in [6.45, 7) is 2.12. The third-order valence-electron chi connectivity index (χ3n) is 4.70. The van der Waals surface area contributed by atoms with Crippen LogP contribution in [-0.4, -0.2) is 47.0 Å². The molecule has 1 aromatic rings. The molecular formula is C19H22N2O5. The van der Waals surface area contributed by atoms with Crippen LogP contribution in [0.1, 0.15) is 26.2 Å². The van der Waals surface area contributed by atoms with Gasteiger partial charge in [-0.05, 0) is 25.0 Å². The molecule has 1 aliphatic carbocycles. The molecule has 2 N–H and O–H groups in total. The van der Waals surface area contributed by atoms with Gasteiger partial charge in [-0.15, -0.1) is 0 Å². The van der Waals surface area contributed by atoms with E-state index >= 15 is 0 Å². The number of carboxylic acids is 1. The summed E-state index contributed by atoms with van der Waals surface area (Å²) in [4.78, 5) is 36.9. The largest absolute Gasteiger partial charge is 0.494 e. The van der Waals surface area contributed by atoms with Crippen LogP contribution in [0.4, 0.5) is 0 Å². The number of likely N-dealkylation sites (tertiary alicyclic amines) is 1. The van der Waals surface area contributed by atoms with Crippen LogP contribution in [0.15, 0.2) is 42.1 Å². The van der Waals surface area contributed by atoms with Crippen molar-refractivity contribution in [2.24, 2.45) is 5.41 Å². The van der Waals surface area contributed by atoms with Crippen molar-refractivity contribution in [3.8, 4) is 5.75 Å². The predicted molar refractivity (Wildman–Crippen MR) is 93.3 cm³/mol. The number of rotatable bonds is 8. The van der Waals surface area contributed by atoms with Crippen LogP contribution in [0.5, 0.6) is 5.75 Å². The predicted octanol–water partition coefficient (Wildman–Crippen LogP) is 1.55. The molecule has 7 heteroatoms. The summed E-state index contributed by atoms with van der Waals surface area (Å²) in [6, 6.07) is 8.48. The van der Waals surface area contributed by atoms with E-state index in [2.05, 4.69) is 5.32 Å². The maximum absolute atomic E-state index is 12.3. The first-order valence-electron chi connectivity index (χ1n) is 8.63. The van der Waals surface area contributed by atoms with Crippen molar-refractivity contribution in [2.75, 3.05) is 13.2 Å². The first-order valence-corrected chi connectivity index (χ1v) is 8.63. The molecule has 0 spiro atoms. The zero-order valence-electron chi connectivity index (χ0n) is 14.6. The minimum Gasteiger partial charge on any atom is -0.494 e. The summed E-state index contributed by atoms with van der Waals surface area (Å²) in [5.74, 6) is -0.915. The lowest BCUT2D eigenvalue weighted by atomic mass is 10.0. The highest BCUT2D eigenvalue weighted by molar-refractivity contribution is 5.91. The molecule has 0 aromatic heterocycles. The van der Waals surface area contributed by atoms with Crippen LogP contribution in [0.25, 0.3) is 0 Å². The molecule has 0 bridgehead atoms. The fourth-order valence-corrected chi connectivity index (χ4v) is 3.23. The van der Waals surface area contributed by atoms with Crippen molar-refractivity contribution >= 4 is 17.8 Å². The van der Waals surface area contributed by atoms with Gasteiger partial charge in [-0.2, -0.15) is 0 Å². The van der Waals surface area contributed by atoms with Crippen molar-refractivity contribution in [1.82, 2.24) is 10.2 Å². The maximum atomic E-state index is 12.3. The van der Waals surface area contributed by atoms with E-state index in [1.165, 1.54) is 4.90 Å². The molecule has 1 fully saturated rings. The van der Waals surface area contributed by atoms with Gasteiger partial charge < -0.3 is 15.2 Å². The van der Waals surface area contributed by atoms with Crippen LogP contribution in [-0.2, 0) is 14.4 Å². The molecular weight excluding hydrogens is 336 g/mol. The van der Waals surface area contributed by atoms with Gasteiger partial charge in [-0.3, -0.25) is 14.5 Å². The zero-order valence-corrected chi connectivity index (χ0v) is 14.6. The Labute approximate surface area is 151 Å². The van der Waals surface area contributed by atoms with Crippen LogP contribution in [0.2, 0.25) is 0 Å². The number of allylic oxidation sites excluding steroid dienone is 2. The van der Waals surface area contributed by atoms with Gasteiger partial charge >= 0.3 is 5.97 Å². The Hall–Kier alpha value is -2.83. The number of carbonyl (C=O) groups is 3. The number of ether oxygens (including phenoxy) is 1. The Morgan fingerprint density at radius 3 is 2.73 bits per heavy atom. The fourth-order valence-electron chi connectivity index (χ4n) is 3.23. The Morgan fingerprint density at radius 2 is 2.04 bits per heavy atom. The third kappa shape index (κ3) is 3.87. The van der Waals surface area contributed by atoms with Gasteiger partial charge in [0.2, 0.25) is 11.8 Å². The van der Waals surface area contributed by atoms with Crippen LogP contribution >= 0.6 is 0 Å². The second-order valence-electron chi connectivity index (χ2n) is 6.81. The quantitative estimate of drug-likeness (QED) is 0.688. The number of carbonyl (C=O) groups excluding carboxylic acids is 2. The summed E-state index contributed by atoms with van der Waals surface area (Å²) in [5, 5.41) is 11.8. The van der Waals surface area contributed by atoms with E-state index in [1.54, 1.807) is 0 Å². The number of benzene rings is 1. The number of amides is 2. The first kappa shape index (κ1) is 18.0. The number of hydrogen-bond acceptors (Lipinski definition) is 4. The normalized spacial score (nSPS) is 23.0. The van der Waals surface area contributed by atoms with E-state index in [4.69, 9.17) is 4.74 Å². The molecule has 7 nitrogen and oxygen atoms in total. The monoisotopic (exact) mass is 358 g/mol. The van der Waals surface area contributed by atoms with Gasteiger partial charge in [-0.25, -0.2) is 4.79 Å². The molecule has 1 saturated heterocycles. The summed E-state index contributed by atoms with van der Waals surface area (Å²) in [6.07, 6.45) is 3.06. The highest BCUT2D eigenvalue weighted by Crippen LogP contribution is 2.56. The topological polar surface area (TPSA) is 95.9 Å². The Bertz CT molecular complexity index is 746. The summed E-state index contributed by atoms with van der Waals surface area (Å²) < 4.78 is 5.51. The molecule has 138 valence electrons. The van der Waals surface area contributed by atoms with E-state index in [0.717, 1.165) is 11.4 Å². The average molecular weight is 358 g/mol. The number of nitrogens with one attached hydrogen (secondary N) is 1. The van der Waals surface area contributed by atoms with Gasteiger partial charge in [0.1, 0.15) is 11.8 Å². The lowest BCUT2D eigenvalue weighted by molar-refractivity contribution is -0.147. The van der Waals surface area contributed by atoms with E-state index in [-0.39, 0.29) is 24.3 Å². The molecule has 2 amide bonds.